The minimum atomic E-state index is 0.00600. The fourth-order valence-electron chi connectivity index (χ4n) is 2.99. The molecule has 0 unspecified atom stereocenters. The molecule has 0 bridgehead atoms. The van der Waals surface area contributed by atoms with E-state index in [2.05, 4.69) is 21.8 Å². The zero-order chi connectivity index (χ0) is 16.2. The van der Waals surface area contributed by atoms with Gasteiger partial charge in [0.15, 0.2) is 0 Å². The van der Waals surface area contributed by atoms with Crippen molar-refractivity contribution in [2.45, 2.75) is 0 Å². The number of anilines is 1. The molecular formula is C16H23N5O2. The largest absolute Gasteiger partial charge is 0.368 e. The Hall–Kier alpha value is -2.15. The summed E-state index contributed by atoms with van der Waals surface area (Å²) >= 11 is 0. The molecule has 2 aliphatic heterocycles. The minimum absolute atomic E-state index is 0.00600. The van der Waals surface area contributed by atoms with Crippen molar-refractivity contribution in [1.82, 2.24) is 19.7 Å². The number of pyridine rings is 1. The summed E-state index contributed by atoms with van der Waals surface area (Å²) in [6, 6.07) is 3.80. The number of hydrogen-bond acceptors (Lipinski definition) is 5. The third-order valence-electron chi connectivity index (χ3n) is 4.58. The number of nitrogens with zero attached hydrogens (tertiary/aromatic N) is 5. The summed E-state index contributed by atoms with van der Waals surface area (Å²) in [4.78, 5) is 35.7. The first-order valence-electron chi connectivity index (χ1n) is 8.05. The number of carbonyl (C=O) groups is 2. The first-order chi connectivity index (χ1) is 11.2. The summed E-state index contributed by atoms with van der Waals surface area (Å²) in [5.74, 6) is 0.00600. The molecular weight excluding hydrogens is 294 g/mol. The van der Waals surface area contributed by atoms with E-state index < -0.39 is 0 Å². The molecule has 2 fully saturated rings. The predicted molar refractivity (Wildman–Crippen MR) is 87.5 cm³/mol. The van der Waals surface area contributed by atoms with Crippen LogP contribution < -0.4 is 4.90 Å². The van der Waals surface area contributed by atoms with Crippen LogP contribution in [0.25, 0.3) is 0 Å². The van der Waals surface area contributed by atoms with Gasteiger partial charge in [0.2, 0.25) is 6.41 Å². The standard InChI is InChI=1S/C16H23N5O2/c1-18-4-8-21(9-5-18)16(23)15-12-14(2-3-17-15)20-10-6-19(13-22)7-11-20/h2-3,12-13H,4-11H2,1H3. The molecule has 0 spiro atoms. The number of aromatic nitrogens is 1. The second-order valence-electron chi connectivity index (χ2n) is 6.12. The number of amides is 2. The Bertz CT molecular complexity index is 563. The molecule has 0 saturated carbocycles. The molecule has 2 amide bonds. The van der Waals surface area contributed by atoms with E-state index in [0.29, 0.717) is 18.8 Å². The fraction of sp³-hybridized carbons (Fsp3) is 0.562. The van der Waals surface area contributed by atoms with Crippen molar-refractivity contribution in [2.75, 3.05) is 64.3 Å². The van der Waals surface area contributed by atoms with E-state index in [9.17, 15) is 9.59 Å². The van der Waals surface area contributed by atoms with Gasteiger partial charge in [0.25, 0.3) is 5.91 Å². The Morgan fingerprint density at radius 3 is 2.43 bits per heavy atom. The molecule has 0 atom stereocenters. The summed E-state index contributed by atoms with van der Waals surface area (Å²) < 4.78 is 0. The van der Waals surface area contributed by atoms with E-state index >= 15 is 0 Å². The van der Waals surface area contributed by atoms with E-state index in [0.717, 1.165) is 51.4 Å². The normalized spacial score (nSPS) is 19.8. The van der Waals surface area contributed by atoms with Gasteiger partial charge >= 0.3 is 0 Å². The topological polar surface area (TPSA) is 60.0 Å². The van der Waals surface area contributed by atoms with E-state index in [1.165, 1.54) is 0 Å². The van der Waals surface area contributed by atoms with Crippen molar-refractivity contribution in [2.24, 2.45) is 0 Å². The lowest BCUT2D eigenvalue weighted by Gasteiger charge is -2.34. The van der Waals surface area contributed by atoms with Gasteiger partial charge in [-0.1, -0.05) is 0 Å². The SMILES string of the molecule is CN1CCN(C(=O)c2cc(N3CCN(C=O)CC3)ccn2)CC1. The first kappa shape index (κ1) is 15.7. The Labute approximate surface area is 136 Å². The average molecular weight is 317 g/mol. The molecule has 0 N–H and O–H groups in total. The maximum atomic E-state index is 12.6. The predicted octanol–water partition coefficient (Wildman–Crippen LogP) is -0.252. The van der Waals surface area contributed by atoms with Gasteiger partial charge in [0, 0.05) is 64.2 Å². The minimum Gasteiger partial charge on any atom is -0.368 e. The molecule has 3 rings (SSSR count). The highest BCUT2D eigenvalue weighted by Crippen LogP contribution is 2.18. The molecule has 2 saturated heterocycles. The lowest BCUT2D eigenvalue weighted by molar-refractivity contribution is -0.118. The molecule has 1 aromatic rings. The van der Waals surface area contributed by atoms with E-state index in [-0.39, 0.29) is 5.91 Å². The third kappa shape index (κ3) is 3.61. The molecule has 23 heavy (non-hydrogen) atoms. The lowest BCUT2D eigenvalue weighted by Crippen LogP contribution is -2.47. The number of rotatable bonds is 3. The van der Waals surface area contributed by atoms with Gasteiger partial charge in [-0.25, -0.2) is 0 Å². The maximum Gasteiger partial charge on any atom is 0.272 e. The van der Waals surface area contributed by atoms with Gasteiger partial charge in [0.05, 0.1) is 0 Å². The van der Waals surface area contributed by atoms with Gasteiger partial charge in [-0.3, -0.25) is 14.6 Å². The lowest BCUT2D eigenvalue weighted by atomic mass is 10.2. The van der Waals surface area contributed by atoms with Gasteiger partial charge in [-0.2, -0.15) is 0 Å². The maximum absolute atomic E-state index is 12.6. The number of piperazine rings is 2. The number of carbonyl (C=O) groups excluding carboxylic acids is 2. The van der Waals surface area contributed by atoms with Crippen LogP contribution in [-0.2, 0) is 4.79 Å². The smallest absolute Gasteiger partial charge is 0.272 e. The molecule has 124 valence electrons. The highest BCUT2D eigenvalue weighted by molar-refractivity contribution is 5.93. The number of hydrogen-bond donors (Lipinski definition) is 0. The second-order valence-corrected chi connectivity index (χ2v) is 6.12. The Morgan fingerprint density at radius 2 is 1.78 bits per heavy atom. The van der Waals surface area contributed by atoms with Crippen molar-refractivity contribution < 1.29 is 9.59 Å². The van der Waals surface area contributed by atoms with Crippen LogP contribution >= 0.6 is 0 Å². The van der Waals surface area contributed by atoms with Crippen molar-refractivity contribution in [3.8, 4) is 0 Å². The van der Waals surface area contributed by atoms with Crippen LogP contribution in [-0.4, -0.2) is 91.4 Å². The summed E-state index contributed by atoms with van der Waals surface area (Å²) in [5.41, 5.74) is 1.51. The molecule has 0 aliphatic carbocycles. The zero-order valence-electron chi connectivity index (χ0n) is 13.5. The van der Waals surface area contributed by atoms with Crippen LogP contribution in [0.4, 0.5) is 5.69 Å². The molecule has 2 aliphatic rings. The molecule has 3 heterocycles. The zero-order valence-corrected chi connectivity index (χ0v) is 13.5. The summed E-state index contributed by atoms with van der Waals surface area (Å²) in [6.07, 6.45) is 2.59. The molecule has 0 radical (unpaired) electrons. The monoisotopic (exact) mass is 317 g/mol. The highest BCUT2D eigenvalue weighted by Gasteiger charge is 2.22. The Morgan fingerprint density at radius 1 is 1.09 bits per heavy atom. The fourth-order valence-corrected chi connectivity index (χ4v) is 2.99. The van der Waals surface area contributed by atoms with E-state index in [1.54, 1.807) is 11.1 Å². The highest BCUT2D eigenvalue weighted by atomic mass is 16.2. The van der Waals surface area contributed by atoms with Crippen LogP contribution in [0.2, 0.25) is 0 Å². The Kier molecular flexibility index (Phi) is 4.76. The van der Waals surface area contributed by atoms with Crippen LogP contribution in [0, 0.1) is 0 Å². The van der Waals surface area contributed by atoms with E-state index in [4.69, 9.17) is 0 Å². The van der Waals surface area contributed by atoms with Crippen molar-refractivity contribution in [1.29, 1.82) is 0 Å². The second kappa shape index (κ2) is 6.95. The molecule has 1 aromatic heterocycles. The van der Waals surface area contributed by atoms with Crippen molar-refractivity contribution >= 4 is 18.0 Å². The summed E-state index contributed by atoms with van der Waals surface area (Å²) in [6.45, 7) is 6.30. The Balaban J connectivity index is 1.67. The van der Waals surface area contributed by atoms with Crippen molar-refractivity contribution in [3.05, 3.63) is 24.0 Å². The summed E-state index contributed by atoms with van der Waals surface area (Å²) in [5, 5.41) is 0. The molecule has 0 aromatic carbocycles. The van der Waals surface area contributed by atoms with Gasteiger partial charge in [-0.15, -0.1) is 0 Å². The van der Waals surface area contributed by atoms with Crippen LogP contribution in [0.15, 0.2) is 18.3 Å². The first-order valence-corrected chi connectivity index (χ1v) is 8.05. The number of likely N-dealkylation sites (N-methyl/N-ethyl adjacent to an activating group) is 1. The quantitative estimate of drug-likeness (QED) is 0.720. The summed E-state index contributed by atoms with van der Waals surface area (Å²) in [7, 11) is 2.07. The average Bonchev–Trinajstić information content (AvgIpc) is 2.62. The van der Waals surface area contributed by atoms with Crippen LogP contribution in [0.3, 0.4) is 0 Å². The van der Waals surface area contributed by atoms with E-state index in [1.807, 2.05) is 17.0 Å². The third-order valence-corrected chi connectivity index (χ3v) is 4.58. The van der Waals surface area contributed by atoms with Crippen LogP contribution in [0.5, 0.6) is 0 Å². The van der Waals surface area contributed by atoms with Crippen LogP contribution in [0.1, 0.15) is 10.5 Å². The van der Waals surface area contributed by atoms with Gasteiger partial charge in [-0.05, 0) is 19.2 Å². The van der Waals surface area contributed by atoms with Gasteiger partial charge < -0.3 is 19.6 Å². The molecule has 7 heteroatoms. The van der Waals surface area contributed by atoms with Crippen molar-refractivity contribution in [3.63, 3.8) is 0 Å². The molecule has 7 nitrogen and oxygen atoms in total. The van der Waals surface area contributed by atoms with Gasteiger partial charge in [0.1, 0.15) is 5.69 Å².